The second-order valence-electron chi connectivity index (χ2n) is 44.3. The van der Waals surface area contributed by atoms with E-state index in [1.807, 2.05) is 31.0 Å². The number of para-hydroxylation sites is 6. The first kappa shape index (κ1) is 96.4. The Morgan fingerprint density at radius 2 is 0.531 bits per heavy atom. The van der Waals surface area contributed by atoms with E-state index in [-0.39, 0.29) is 0 Å². The molecule has 15 heteroatoms. The first-order valence-electron chi connectivity index (χ1n) is 52.7. The number of aryl methyl sites for hydroxylation is 10. The van der Waals surface area contributed by atoms with Crippen LogP contribution < -0.4 is 22.8 Å². The van der Waals surface area contributed by atoms with Crippen LogP contribution in [-0.4, -0.2) is 46.9 Å². The zero-order valence-corrected chi connectivity index (χ0v) is 90.6. The highest BCUT2D eigenvalue weighted by Gasteiger charge is 2.36. The minimum Gasteiger partial charge on any atom is -0.255 e. The minimum absolute atomic E-state index is 0.424. The molecule has 0 atom stereocenters. The van der Waals surface area contributed by atoms with E-state index >= 15 is 0 Å². The van der Waals surface area contributed by atoms with Crippen LogP contribution in [0, 0.1) is 34.6 Å². The number of fused-ring (bicyclic) bond motifs is 40. The fourth-order valence-electron chi connectivity index (χ4n) is 24.2. The van der Waals surface area contributed by atoms with E-state index in [1.165, 1.54) is 248 Å². The van der Waals surface area contributed by atoms with Crippen molar-refractivity contribution in [3.05, 3.63) is 327 Å². The predicted octanol–water partition coefficient (Wildman–Crippen LogP) is 30.9. The van der Waals surface area contributed by atoms with Gasteiger partial charge >= 0.3 is 0 Å². The lowest BCUT2D eigenvalue weighted by Gasteiger charge is -2.16. The second kappa shape index (κ2) is 36.9. The summed E-state index contributed by atoms with van der Waals surface area (Å²) in [4.78, 5) is 24.2. The first-order valence-corrected chi connectivity index (χ1v) is 52.7. The van der Waals surface area contributed by atoms with Gasteiger partial charge in [-0.3, -0.25) is 24.9 Å². The summed E-state index contributed by atoms with van der Waals surface area (Å²) in [6.07, 6.45) is 9.69. The third-order valence-electron chi connectivity index (χ3n) is 31.7. The molecule has 0 aliphatic heterocycles. The van der Waals surface area contributed by atoms with E-state index in [2.05, 4.69) is 465 Å². The van der Waals surface area contributed by atoms with Crippen molar-refractivity contribution in [2.24, 2.45) is 35.2 Å². The van der Waals surface area contributed by atoms with Crippen LogP contribution in [0.1, 0.15) is 281 Å². The van der Waals surface area contributed by atoms with Crippen molar-refractivity contribution < 1.29 is 22.8 Å². The Bertz CT molecular complexity index is 9610. The molecule has 0 amide bonds. The maximum absolute atomic E-state index is 4.91. The highest BCUT2D eigenvalue weighted by atomic mass is 15.2. The van der Waals surface area contributed by atoms with Crippen LogP contribution >= 0.6 is 0 Å². The Kier molecular flexibility index (Phi) is 24.5. The van der Waals surface area contributed by atoms with Crippen LogP contribution in [0.15, 0.2) is 243 Å². The van der Waals surface area contributed by atoms with Gasteiger partial charge in [0.2, 0.25) is 0 Å². The molecule has 15 heterocycles. The van der Waals surface area contributed by atoms with Crippen molar-refractivity contribution in [1.82, 2.24) is 46.9 Å². The number of aromatic nitrogens is 15. The SMILES string of the molecule is Cc1ccnc2c3cc(C(C)C)cc(C(C)C)c3n3c4ccccc4[n+](C)c3c12.Cc1ccnc2c3ccc(C(C)C)cc3n3c4c(C(C)C)cccc4[n+](C)c3c12.Cc1ccnc2c3cccc(C(C)C)c3n3c4cc(C(C)C)ccc4[n+](C)c3c12.Cc1ccnc2c3ccccc3n3c4c(C(C)C)c(C(C)C)ccc4[n+](C)c3c12.Cc1ccnc2c3ccccc3n3c4cc(C(C)C)c(C(C)C)cc4[n+](C)c3c12. The van der Waals surface area contributed by atoms with E-state index in [1.54, 1.807) is 0 Å². The molecular weight excluding hydrogens is 1770 g/mol. The molecule has 10 aromatic carbocycles. The molecule has 0 saturated carbocycles. The number of rotatable bonds is 10. The smallest absolute Gasteiger partial charge is 0.255 e. The Morgan fingerprint density at radius 3 is 1.01 bits per heavy atom. The number of hydrogen-bond acceptors (Lipinski definition) is 5. The van der Waals surface area contributed by atoms with Crippen molar-refractivity contribution in [2.75, 3.05) is 0 Å². The number of hydrogen-bond donors (Lipinski definition) is 0. The third-order valence-corrected chi connectivity index (χ3v) is 31.7. The molecule has 0 aliphatic carbocycles. The Morgan fingerprint density at radius 1 is 0.200 bits per heavy atom. The largest absolute Gasteiger partial charge is 0.297 e. The lowest BCUT2D eigenvalue weighted by Crippen LogP contribution is -2.28. The van der Waals surface area contributed by atoms with E-state index in [4.69, 9.17) is 24.9 Å². The van der Waals surface area contributed by atoms with Gasteiger partial charge in [-0.25, -0.2) is 22.8 Å². The first-order chi connectivity index (χ1) is 69.5. The summed E-state index contributed by atoms with van der Waals surface area (Å²) in [6, 6.07) is 78.1. The molecule has 0 bridgehead atoms. The molecular formula is C130H140N15+5. The molecule has 0 unspecified atom stereocenters. The van der Waals surface area contributed by atoms with Crippen molar-refractivity contribution in [2.45, 2.75) is 232 Å². The third kappa shape index (κ3) is 15.2. The van der Waals surface area contributed by atoms with Crippen LogP contribution in [0.25, 0.3) is 192 Å². The van der Waals surface area contributed by atoms with Crippen LogP contribution in [0.3, 0.4) is 0 Å². The minimum atomic E-state index is 0.424. The molecule has 0 radical (unpaired) electrons. The fourth-order valence-corrected chi connectivity index (χ4v) is 24.2. The molecule has 0 spiro atoms. The lowest BCUT2D eigenvalue weighted by atomic mass is 9.89. The van der Waals surface area contributed by atoms with Crippen LogP contribution in [0.4, 0.5) is 0 Å². The maximum atomic E-state index is 4.91. The molecule has 0 fully saturated rings. The van der Waals surface area contributed by atoms with Crippen LogP contribution in [-0.2, 0) is 35.2 Å². The van der Waals surface area contributed by atoms with Crippen molar-refractivity contribution >= 4 is 192 Å². The summed E-state index contributed by atoms with van der Waals surface area (Å²) < 4.78 is 24.1. The van der Waals surface area contributed by atoms with E-state index in [0.29, 0.717) is 59.2 Å². The number of imidazole rings is 5. The monoisotopic (exact) mass is 1910 g/mol. The van der Waals surface area contributed by atoms with Crippen LogP contribution in [0.5, 0.6) is 0 Å². The molecule has 730 valence electrons. The highest BCUT2D eigenvalue weighted by molar-refractivity contribution is 6.18. The summed E-state index contributed by atoms with van der Waals surface area (Å²) in [7, 11) is 10.9. The summed E-state index contributed by atoms with van der Waals surface area (Å²) in [5.41, 5.74) is 51.0. The average Bonchev–Trinajstić information content (AvgIpc) is 1.57. The average molecular weight is 1910 g/mol. The molecule has 25 rings (SSSR count). The normalized spacial score (nSPS) is 12.4. The molecule has 25 aromatic rings. The van der Waals surface area contributed by atoms with Crippen molar-refractivity contribution in [3.63, 3.8) is 0 Å². The number of benzene rings is 10. The number of pyridine rings is 10. The topological polar surface area (TPSA) is 106 Å². The zero-order chi connectivity index (χ0) is 102. The van der Waals surface area contributed by atoms with Crippen molar-refractivity contribution in [3.8, 4) is 0 Å². The predicted molar refractivity (Wildman–Crippen MR) is 609 cm³/mol. The molecule has 15 nitrogen and oxygen atoms in total. The van der Waals surface area contributed by atoms with Crippen LogP contribution in [0.2, 0.25) is 0 Å². The summed E-state index contributed by atoms with van der Waals surface area (Å²) >= 11 is 0. The van der Waals surface area contributed by atoms with Gasteiger partial charge in [0, 0.05) is 80.2 Å². The van der Waals surface area contributed by atoms with Gasteiger partial charge in [0.15, 0.2) is 55.2 Å². The molecule has 0 N–H and O–H groups in total. The summed E-state index contributed by atoms with van der Waals surface area (Å²) in [5, 5.41) is 12.3. The van der Waals surface area contributed by atoms with Gasteiger partial charge in [-0.2, -0.15) is 22.0 Å². The summed E-state index contributed by atoms with van der Waals surface area (Å²) in [6.45, 7) is 56.7. The van der Waals surface area contributed by atoms with Gasteiger partial charge < -0.3 is 0 Å². The Balaban J connectivity index is 0.000000107. The Hall–Kier alpha value is -14.7. The highest BCUT2D eigenvalue weighted by Crippen LogP contribution is 2.45. The molecule has 0 saturated heterocycles. The molecule has 0 aliphatic rings. The molecule has 145 heavy (non-hydrogen) atoms. The lowest BCUT2D eigenvalue weighted by molar-refractivity contribution is -0.617. The van der Waals surface area contributed by atoms with E-state index < -0.39 is 0 Å². The summed E-state index contributed by atoms with van der Waals surface area (Å²) in [5.74, 6) is 4.68. The fraction of sp³-hybridized carbons (Fsp3) is 0.308. The van der Waals surface area contributed by atoms with Gasteiger partial charge in [-0.1, -0.05) is 223 Å². The van der Waals surface area contributed by atoms with Gasteiger partial charge in [0.25, 0.3) is 28.2 Å². The van der Waals surface area contributed by atoms with Gasteiger partial charge in [-0.05, 0) is 282 Å². The van der Waals surface area contributed by atoms with E-state index in [9.17, 15) is 0 Å². The van der Waals surface area contributed by atoms with Gasteiger partial charge in [-0.15, -0.1) is 0 Å². The second-order valence-corrected chi connectivity index (χ2v) is 44.3. The van der Waals surface area contributed by atoms with Gasteiger partial charge in [0.05, 0.1) is 89.8 Å². The maximum Gasteiger partial charge on any atom is 0.297 e. The van der Waals surface area contributed by atoms with Crippen molar-refractivity contribution in [1.29, 1.82) is 0 Å². The molecule has 15 aromatic heterocycles. The quantitative estimate of drug-likeness (QED) is 0.100. The Labute approximate surface area is 850 Å². The zero-order valence-electron chi connectivity index (χ0n) is 90.6. The number of nitrogens with zero attached hydrogens (tertiary/aromatic N) is 15. The van der Waals surface area contributed by atoms with E-state index in [0.717, 1.165) is 27.6 Å². The standard InChI is InChI=1S/5C26H28N3/c1-15(2)18-10-11-20-22(14-18)29-25-19(16(3)4)8-7-9-21(25)28(6)26(29)23-17(5)12-13-27-24(20)23;1-15(2)18-10-11-21-22(14-18)29-25-19(16(3)4)8-7-9-20(25)24-23(26(29)28(21)6)17(5)12-13-27-24;1-15(2)18-13-19(16(3)4)25-20(14-18)24-23(17(5)11-12-27-24)26-28(6)21-9-7-8-10-22(21)29(25)26;1-15(2)19-13-22-23(14-20(19)16(3)4)29-21-10-8-7-9-18(21)25-24(26(29)28(22)6)17(5)11-12-27-25;1-15(2)18-11-12-21-25(22(18)16(3)4)29-20-10-8-7-9-19(20)24-23(26(29)28(21)6)17(5)13-14-27-24/h5*7-16H,1-6H3/q5*+1. The van der Waals surface area contributed by atoms with Gasteiger partial charge in [0.1, 0.15) is 27.6 Å².